The van der Waals surface area contributed by atoms with E-state index in [-0.39, 0.29) is 12.0 Å². The van der Waals surface area contributed by atoms with Gasteiger partial charge in [-0.05, 0) is 59.2 Å². The Balaban J connectivity index is 2.50. The van der Waals surface area contributed by atoms with Crippen LogP contribution in [-0.2, 0) is 9.53 Å². The smallest absolute Gasteiger partial charge is 0.338 e. The normalized spacial score (nSPS) is 17.2. The lowest BCUT2D eigenvalue weighted by Gasteiger charge is -2.31. The Hall–Kier alpha value is -1.60. The van der Waals surface area contributed by atoms with Crippen LogP contribution in [0.15, 0.2) is 33.9 Å². The molecule has 0 amide bonds. The van der Waals surface area contributed by atoms with Gasteiger partial charge in [0.2, 0.25) is 0 Å². The van der Waals surface area contributed by atoms with E-state index >= 15 is 0 Å². The van der Waals surface area contributed by atoms with E-state index in [1.54, 1.807) is 14.0 Å². The highest BCUT2D eigenvalue weighted by Crippen LogP contribution is 2.33. The summed E-state index contributed by atoms with van der Waals surface area (Å²) in [5, 5.41) is 6.78. The van der Waals surface area contributed by atoms with Gasteiger partial charge in [-0.25, -0.2) is 4.79 Å². The quantitative estimate of drug-likeness (QED) is 0.549. The third-order valence-electron chi connectivity index (χ3n) is 3.66. The predicted molar refractivity (Wildman–Crippen MR) is 101 cm³/mol. The first kappa shape index (κ1) is 18.7. The molecule has 5 nitrogen and oxygen atoms in total. The molecule has 1 aliphatic rings. The highest BCUT2D eigenvalue weighted by Gasteiger charge is 2.32. The molecule has 2 N–H and O–H groups in total. The van der Waals surface area contributed by atoms with Crippen LogP contribution < -0.4 is 15.4 Å². The number of carbonyl (C=O) groups excluding carboxylic acids is 1. The molecular weight excluding hydrogens is 392 g/mol. The van der Waals surface area contributed by atoms with Crippen molar-refractivity contribution >= 4 is 39.2 Å². The molecule has 0 saturated heterocycles. The van der Waals surface area contributed by atoms with Gasteiger partial charge in [0.1, 0.15) is 5.75 Å². The van der Waals surface area contributed by atoms with Gasteiger partial charge in [-0.1, -0.05) is 19.4 Å². The van der Waals surface area contributed by atoms with Crippen LogP contribution in [0.5, 0.6) is 5.75 Å². The number of hydrogen-bond donors (Lipinski definition) is 2. The van der Waals surface area contributed by atoms with E-state index in [4.69, 9.17) is 21.7 Å². The summed E-state index contributed by atoms with van der Waals surface area (Å²) in [7, 11) is 1.61. The van der Waals surface area contributed by atoms with Crippen molar-refractivity contribution in [3.63, 3.8) is 0 Å². The van der Waals surface area contributed by atoms with Gasteiger partial charge in [-0.3, -0.25) is 0 Å². The highest BCUT2D eigenvalue weighted by atomic mass is 79.9. The molecule has 0 spiro atoms. The Morgan fingerprint density at radius 2 is 2.12 bits per heavy atom. The van der Waals surface area contributed by atoms with Crippen molar-refractivity contribution in [2.24, 2.45) is 0 Å². The minimum Gasteiger partial charge on any atom is -0.496 e. The fourth-order valence-corrected chi connectivity index (χ4v) is 3.43. The van der Waals surface area contributed by atoms with Gasteiger partial charge < -0.3 is 20.1 Å². The molecule has 1 aromatic rings. The molecule has 0 unspecified atom stereocenters. The number of thiocarbonyl (C=S) groups is 1. The third-order valence-corrected chi connectivity index (χ3v) is 4.50. The molecule has 0 saturated carbocycles. The fourth-order valence-electron chi connectivity index (χ4n) is 2.63. The summed E-state index contributed by atoms with van der Waals surface area (Å²) in [5.74, 6) is 0.395. The van der Waals surface area contributed by atoms with Gasteiger partial charge in [-0.2, -0.15) is 0 Å². The lowest BCUT2D eigenvalue weighted by molar-refractivity contribution is -0.139. The lowest BCUT2D eigenvalue weighted by Crippen LogP contribution is -2.45. The number of esters is 1. The van der Waals surface area contributed by atoms with Crippen LogP contribution in [0.4, 0.5) is 0 Å². The van der Waals surface area contributed by atoms with Crippen molar-refractivity contribution < 1.29 is 14.3 Å². The van der Waals surface area contributed by atoms with Crippen LogP contribution in [-0.4, -0.2) is 24.8 Å². The Labute approximate surface area is 155 Å². The molecule has 0 aliphatic carbocycles. The first-order chi connectivity index (χ1) is 11.5. The van der Waals surface area contributed by atoms with Gasteiger partial charge in [0.25, 0.3) is 0 Å². The summed E-state index contributed by atoms with van der Waals surface area (Å²) < 4.78 is 11.3. The maximum absolute atomic E-state index is 12.5. The van der Waals surface area contributed by atoms with Crippen LogP contribution in [0.3, 0.4) is 0 Å². The number of nitrogens with one attached hydrogen (secondary N) is 2. The number of halogens is 1. The fraction of sp³-hybridized carbons (Fsp3) is 0.412. The summed E-state index contributed by atoms with van der Waals surface area (Å²) in [6.45, 7) is 4.18. The minimum absolute atomic E-state index is 0.325. The topological polar surface area (TPSA) is 59.6 Å². The molecule has 0 aromatic heterocycles. The summed E-state index contributed by atoms with van der Waals surface area (Å²) in [6, 6.07) is 5.33. The highest BCUT2D eigenvalue weighted by molar-refractivity contribution is 9.10. The maximum atomic E-state index is 12.5. The van der Waals surface area contributed by atoms with Gasteiger partial charge in [-0.15, -0.1) is 0 Å². The van der Waals surface area contributed by atoms with Crippen LogP contribution >= 0.6 is 28.1 Å². The number of benzene rings is 1. The molecule has 1 heterocycles. The second-order valence-electron chi connectivity index (χ2n) is 5.29. The summed E-state index contributed by atoms with van der Waals surface area (Å²) in [5.41, 5.74) is 2.30. The monoisotopic (exact) mass is 412 g/mol. The van der Waals surface area contributed by atoms with Crippen LogP contribution in [0, 0.1) is 0 Å². The average Bonchev–Trinajstić information content (AvgIpc) is 2.54. The molecule has 1 aromatic carbocycles. The lowest BCUT2D eigenvalue weighted by atomic mass is 9.94. The maximum Gasteiger partial charge on any atom is 0.338 e. The Bertz CT molecular complexity index is 676. The molecule has 1 aliphatic heterocycles. The van der Waals surface area contributed by atoms with Crippen molar-refractivity contribution in [3.05, 3.63) is 39.5 Å². The summed E-state index contributed by atoms with van der Waals surface area (Å²) in [6.07, 6.45) is 1.62. The van der Waals surface area contributed by atoms with E-state index in [1.807, 2.05) is 18.2 Å². The van der Waals surface area contributed by atoms with E-state index in [9.17, 15) is 4.79 Å². The van der Waals surface area contributed by atoms with E-state index in [0.29, 0.717) is 17.3 Å². The summed E-state index contributed by atoms with van der Waals surface area (Å²) >= 11 is 8.80. The molecule has 24 heavy (non-hydrogen) atoms. The largest absolute Gasteiger partial charge is 0.496 e. The first-order valence-corrected chi connectivity index (χ1v) is 9.03. The van der Waals surface area contributed by atoms with E-state index in [2.05, 4.69) is 33.5 Å². The zero-order valence-corrected chi connectivity index (χ0v) is 16.3. The van der Waals surface area contributed by atoms with Crippen molar-refractivity contribution in [3.8, 4) is 5.75 Å². The van der Waals surface area contributed by atoms with Crippen LogP contribution in [0.2, 0.25) is 0 Å². The minimum atomic E-state index is -0.360. The van der Waals surface area contributed by atoms with E-state index in [1.165, 1.54) is 0 Å². The van der Waals surface area contributed by atoms with Crippen molar-refractivity contribution in [1.82, 2.24) is 10.6 Å². The Morgan fingerprint density at radius 1 is 1.38 bits per heavy atom. The second-order valence-corrected chi connectivity index (χ2v) is 6.55. The molecule has 0 radical (unpaired) electrons. The third kappa shape index (κ3) is 4.08. The van der Waals surface area contributed by atoms with Gasteiger partial charge in [0.15, 0.2) is 5.11 Å². The van der Waals surface area contributed by atoms with Crippen LogP contribution in [0.25, 0.3) is 0 Å². The van der Waals surface area contributed by atoms with Crippen molar-refractivity contribution in [2.45, 2.75) is 32.7 Å². The standard InChI is InChI=1S/C17H21BrN2O3S/c1-4-6-12-14(16(21)23-5-2)15(20-17(24)19-12)10-7-8-13(22-3)11(18)9-10/h7-9,15H,4-6H2,1-3H3,(H2,19,20,24)/t15-/m1/s1. The molecule has 0 fully saturated rings. The molecule has 1 atom stereocenters. The number of rotatable bonds is 6. The first-order valence-electron chi connectivity index (χ1n) is 7.82. The number of carbonyl (C=O) groups is 1. The SMILES string of the molecule is CCCC1=C(C(=O)OCC)[C@@H](c2ccc(OC)c(Br)c2)NC(=S)N1. The van der Waals surface area contributed by atoms with Crippen molar-refractivity contribution in [1.29, 1.82) is 0 Å². The predicted octanol–water partition coefficient (Wildman–Crippen LogP) is 3.59. The number of methoxy groups -OCH3 is 1. The molecule has 0 bridgehead atoms. The molecule has 2 rings (SSSR count). The van der Waals surface area contributed by atoms with Gasteiger partial charge >= 0.3 is 5.97 Å². The van der Waals surface area contributed by atoms with Gasteiger partial charge in [0, 0.05) is 5.70 Å². The van der Waals surface area contributed by atoms with Crippen LogP contribution in [0.1, 0.15) is 38.3 Å². The number of allylic oxidation sites excluding steroid dienone is 1. The van der Waals surface area contributed by atoms with Gasteiger partial charge in [0.05, 0.1) is 29.8 Å². The number of ether oxygens (including phenoxy) is 2. The molecule has 7 heteroatoms. The van der Waals surface area contributed by atoms with E-state index < -0.39 is 0 Å². The Kier molecular flexibility index (Phi) is 6.62. The Morgan fingerprint density at radius 3 is 2.71 bits per heavy atom. The second kappa shape index (κ2) is 8.48. The number of hydrogen-bond acceptors (Lipinski definition) is 4. The van der Waals surface area contributed by atoms with Crippen molar-refractivity contribution in [2.75, 3.05) is 13.7 Å². The molecular formula is C17H21BrN2O3S. The summed E-state index contributed by atoms with van der Waals surface area (Å²) in [4.78, 5) is 12.5. The zero-order valence-electron chi connectivity index (χ0n) is 13.9. The average molecular weight is 413 g/mol. The van der Waals surface area contributed by atoms with E-state index in [0.717, 1.165) is 34.3 Å². The molecule has 130 valence electrons. The zero-order chi connectivity index (χ0) is 17.7.